The first-order chi connectivity index (χ1) is 10.8. The SMILES string of the molecule is Cc1c2ccccc2[n+](Cc2ccccc2)c2ccccc12.[Cl-]. The number of rotatable bonds is 2. The Morgan fingerprint density at radius 2 is 1.13 bits per heavy atom. The topological polar surface area (TPSA) is 3.88 Å². The summed E-state index contributed by atoms with van der Waals surface area (Å²) >= 11 is 0. The molecule has 0 aliphatic heterocycles. The standard InChI is InChI=1S/C21H18N.ClH/c1-16-18-11-5-7-13-20(18)22(15-17-9-3-2-4-10-17)21-14-8-6-12-19(16)21;/h2-14H,15H2,1H3;1H/q+1;/p-1. The van der Waals surface area contributed by atoms with Gasteiger partial charge in [0.1, 0.15) is 0 Å². The van der Waals surface area contributed by atoms with Gasteiger partial charge in [-0.05, 0) is 24.6 Å². The van der Waals surface area contributed by atoms with Crippen molar-refractivity contribution in [1.29, 1.82) is 0 Å². The molecule has 1 aromatic heterocycles. The average molecular weight is 320 g/mol. The highest BCUT2D eigenvalue weighted by Crippen LogP contribution is 2.24. The van der Waals surface area contributed by atoms with Crippen molar-refractivity contribution in [2.75, 3.05) is 0 Å². The number of fused-ring (bicyclic) bond motifs is 2. The molecule has 3 aromatic carbocycles. The lowest BCUT2D eigenvalue weighted by Crippen LogP contribution is -3.00. The van der Waals surface area contributed by atoms with Crippen LogP contribution in [-0.2, 0) is 6.54 Å². The number of para-hydroxylation sites is 2. The second kappa shape index (κ2) is 6.39. The van der Waals surface area contributed by atoms with Crippen LogP contribution in [0.1, 0.15) is 11.1 Å². The van der Waals surface area contributed by atoms with Crippen LogP contribution in [0.25, 0.3) is 21.8 Å². The molecule has 0 saturated heterocycles. The highest BCUT2D eigenvalue weighted by atomic mass is 35.5. The van der Waals surface area contributed by atoms with Crippen molar-refractivity contribution in [1.82, 2.24) is 0 Å². The van der Waals surface area contributed by atoms with Gasteiger partial charge in [0.05, 0.1) is 0 Å². The summed E-state index contributed by atoms with van der Waals surface area (Å²) in [6, 6.07) is 28.0. The minimum Gasteiger partial charge on any atom is -1.00 e. The first kappa shape index (κ1) is 15.5. The zero-order valence-electron chi connectivity index (χ0n) is 13.0. The van der Waals surface area contributed by atoms with Gasteiger partial charge in [-0.3, -0.25) is 0 Å². The number of aromatic nitrogens is 1. The Kier molecular flexibility index (Phi) is 4.31. The van der Waals surface area contributed by atoms with Gasteiger partial charge in [0.25, 0.3) is 0 Å². The van der Waals surface area contributed by atoms with Crippen LogP contribution in [0.15, 0.2) is 78.9 Å². The average Bonchev–Trinajstić information content (AvgIpc) is 2.59. The number of pyridine rings is 1. The van der Waals surface area contributed by atoms with Crippen molar-refractivity contribution >= 4 is 21.8 Å². The molecule has 0 fully saturated rings. The summed E-state index contributed by atoms with van der Waals surface area (Å²) in [7, 11) is 0. The highest BCUT2D eigenvalue weighted by Gasteiger charge is 2.17. The molecule has 4 aromatic rings. The Morgan fingerprint density at radius 1 is 0.652 bits per heavy atom. The van der Waals surface area contributed by atoms with Gasteiger partial charge in [-0.15, -0.1) is 0 Å². The van der Waals surface area contributed by atoms with E-state index in [2.05, 4.69) is 90.4 Å². The van der Waals surface area contributed by atoms with Gasteiger partial charge in [-0.1, -0.05) is 54.6 Å². The molecule has 114 valence electrons. The van der Waals surface area contributed by atoms with E-state index < -0.39 is 0 Å². The lowest BCUT2D eigenvalue weighted by Gasteiger charge is -2.09. The fourth-order valence-electron chi connectivity index (χ4n) is 3.26. The van der Waals surface area contributed by atoms with Crippen molar-refractivity contribution < 1.29 is 17.0 Å². The van der Waals surface area contributed by atoms with E-state index in [4.69, 9.17) is 0 Å². The quantitative estimate of drug-likeness (QED) is 0.391. The van der Waals surface area contributed by atoms with E-state index in [-0.39, 0.29) is 12.4 Å². The van der Waals surface area contributed by atoms with E-state index >= 15 is 0 Å². The van der Waals surface area contributed by atoms with Crippen LogP contribution in [-0.4, -0.2) is 0 Å². The normalized spacial score (nSPS) is 10.7. The second-order valence-electron chi connectivity index (χ2n) is 5.73. The summed E-state index contributed by atoms with van der Waals surface area (Å²) in [5, 5.41) is 2.66. The molecule has 0 aliphatic carbocycles. The molecule has 0 N–H and O–H groups in total. The molecule has 1 heterocycles. The molecule has 0 saturated carbocycles. The van der Waals surface area contributed by atoms with Gasteiger partial charge in [0.2, 0.25) is 11.0 Å². The molecule has 23 heavy (non-hydrogen) atoms. The van der Waals surface area contributed by atoms with E-state index in [1.165, 1.54) is 32.9 Å². The molecular weight excluding hydrogens is 302 g/mol. The van der Waals surface area contributed by atoms with Gasteiger partial charge in [0.15, 0.2) is 6.54 Å². The summed E-state index contributed by atoms with van der Waals surface area (Å²) < 4.78 is 2.42. The fourth-order valence-corrected chi connectivity index (χ4v) is 3.26. The Balaban J connectivity index is 0.00000156. The summed E-state index contributed by atoms with van der Waals surface area (Å²) in [5.74, 6) is 0. The largest absolute Gasteiger partial charge is 1.00 e. The molecule has 0 aliphatic rings. The number of hydrogen-bond acceptors (Lipinski definition) is 0. The predicted octanol–water partition coefficient (Wildman–Crippen LogP) is 1.64. The van der Waals surface area contributed by atoms with Gasteiger partial charge in [0, 0.05) is 28.5 Å². The summed E-state index contributed by atoms with van der Waals surface area (Å²) in [6.45, 7) is 3.11. The molecule has 4 rings (SSSR count). The molecular formula is C21H18ClN. The molecule has 0 unspecified atom stereocenters. The third-order valence-electron chi connectivity index (χ3n) is 4.38. The smallest absolute Gasteiger partial charge is 0.213 e. The maximum Gasteiger partial charge on any atom is 0.213 e. The molecule has 1 nitrogen and oxygen atoms in total. The van der Waals surface area contributed by atoms with Crippen molar-refractivity contribution in [3.63, 3.8) is 0 Å². The number of benzene rings is 3. The van der Waals surface area contributed by atoms with Crippen LogP contribution in [0.3, 0.4) is 0 Å². The van der Waals surface area contributed by atoms with Crippen LogP contribution >= 0.6 is 0 Å². The first-order valence-electron chi connectivity index (χ1n) is 7.68. The summed E-state index contributed by atoms with van der Waals surface area (Å²) in [5.41, 5.74) is 5.27. The Bertz CT molecular complexity index is 904. The third-order valence-corrected chi connectivity index (χ3v) is 4.38. The van der Waals surface area contributed by atoms with Crippen LogP contribution in [0.2, 0.25) is 0 Å². The molecule has 0 spiro atoms. The number of halogens is 1. The van der Waals surface area contributed by atoms with Crippen LogP contribution in [0.5, 0.6) is 0 Å². The fraction of sp³-hybridized carbons (Fsp3) is 0.0952. The number of aryl methyl sites for hydroxylation is 1. The predicted molar refractivity (Wildman–Crippen MR) is 91.9 cm³/mol. The minimum absolute atomic E-state index is 0. The zero-order chi connectivity index (χ0) is 14.9. The molecule has 0 atom stereocenters. The van der Waals surface area contributed by atoms with Crippen LogP contribution in [0, 0.1) is 6.92 Å². The van der Waals surface area contributed by atoms with E-state index in [9.17, 15) is 0 Å². The number of nitrogens with zero attached hydrogens (tertiary/aromatic N) is 1. The number of hydrogen-bond donors (Lipinski definition) is 0. The molecule has 0 bridgehead atoms. The minimum atomic E-state index is 0. The van der Waals surface area contributed by atoms with E-state index in [0.29, 0.717) is 0 Å². The highest BCUT2D eigenvalue weighted by molar-refractivity contribution is 5.93. The maximum atomic E-state index is 2.42. The molecule has 0 amide bonds. The van der Waals surface area contributed by atoms with Gasteiger partial charge < -0.3 is 12.4 Å². The summed E-state index contributed by atoms with van der Waals surface area (Å²) in [4.78, 5) is 0. The lowest BCUT2D eigenvalue weighted by molar-refractivity contribution is -0.635. The Hall–Kier alpha value is -2.38. The summed E-state index contributed by atoms with van der Waals surface area (Å²) in [6.07, 6.45) is 0. The first-order valence-corrected chi connectivity index (χ1v) is 7.68. The van der Waals surface area contributed by atoms with Crippen molar-refractivity contribution in [3.8, 4) is 0 Å². The van der Waals surface area contributed by atoms with Crippen molar-refractivity contribution in [2.24, 2.45) is 0 Å². The molecule has 0 radical (unpaired) electrons. The van der Waals surface area contributed by atoms with Crippen LogP contribution < -0.4 is 17.0 Å². The Labute approximate surface area is 142 Å². The monoisotopic (exact) mass is 319 g/mol. The molecule has 2 heteroatoms. The Morgan fingerprint density at radius 3 is 1.70 bits per heavy atom. The van der Waals surface area contributed by atoms with E-state index in [0.717, 1.165) is 6.54 Å². The van der Waals surface area contributed by atoms with E-state index in [1.54, 1.807) is 0 Å². The second-order valence-corrected chi connectivity index (χ2v) is 5.73. The van der Waals surface area contributed by atoms with Crippen LogP contribution in [0.4, 0.5) is 0 Å². The third kappa shape index (κ3) is 2.69. The van der Waals surface area contributed by atoms with Gasteiger partial charge in [-0.25, -0.2) is 0 Å². The lowest BCUT2D eigenvalue weighted by atomic mass is 10.0. The van der Waals surface area contributed by atoms with E-state index in [1.807, 2.05) is 0 Å². The van der Waals surface area contributed by atoms with Crippen molar-refractivity contribution in [3.05, 3.63) is 90.0 Å². The van der Waals surface area contributed by atoms with Gasteiger partial charge >= 0.3 is 0 Å². The maximum absolute atomic E-state index is 2.42. The van der Waals surface area contributed by atoms with Crippen molar-refractivity contribution in [2.45, 2.75) is 13.5 Å². The zero-order valence-corrected chi connectivity index (χ0v) is 13.8. The van der Waals surface area contributed by atoms with Gasteiger partial charge in [-0.2, -0.15) is 4.57 Å².